The summed E-state index contributed by atoms with van der Waals surface area (Å²) in [6.45, 7) is 0.310. The Morgan fingerprint density at radius 1 is 1.17 bits per heavy atom. The topological polar surface area (TPSA) is 118 Å². The van der Waals surface area contributed by atoms with Gasteiger partial charge < -0.3 is 9.84 Å². The fraction of sp³-hybridized carbons (Fsp3) is 0.211. The Hall–Kier alpha value is -3.40. The number of carboxylic acids is 1. The molecule has 0 atom stereocenters. The first-order valence-corrected chi connectivity index (χ1v) is 10.4. The SMILES string of the molecule is O=C(O)c1nc2ccc(N3CCCS3(=O)=O)cn2c(=O)c1OCc1ccccc1. The van der Waals surface area contributed by atoms with Crippen LogP contribution in [0.5, 0.6) is 5.75 Å². The molecule has 0 bridgehead atoms. The number of rotatable bonds is 5. The van der Waals surface area contributed by atoms with Gasteiger partial charge in [0.05, 0.1) is 11.4 Å². The van der Waals surface area contributed by atoms with E-state index in [9.17, 15) is 23.1 Å². The number of hydrogen-bond acceptors (Lipinski definition) is 6. The molecule has 9 nitrogen and oxygen atoms in total. The average molecular weight is 415 g/mol. The quantitative estimate of drug-likeness (QED) is 0.671. The van der Waals surface area contributed by atoms with Crippen molar-refractivity contribution in [2.45, 2.75) is 13.0 Å². The highest BCUT2D eigenvalue weighted by Gasteiger charge is 2.29. The number of aromatic carboxylic acids is 1. The average Bonchev–Trinajstić information content (AvgIpc) is 3.06. The summed E-state index contributed by atoms with van der Waals surface area (Å²) in [6.07, 6.45) is 1.84. The number of nitrogens with zero attached hydrogens (tertiary/aromatic N) is 3. The lowest BCUT2D eigenvalue weighted by Crippen LogP contribution is -2.27. The molecule has 0 unspecified atom stereocenters. The van der Waals surface area contributed by atoms with Gasteiger partial charge in [0.25, 0.3) is 0 Å². The predicted octanol–water partition coefficient (Wildman–Crippen LogP) is 1.51. The number of sulfonamides is 1. The summed E-state index contributed by atoms with van der Waals surface area (Å²) in [5.74, 6) is -1.75. The van der Waals surface area contributed by atoms with Crippen molar-refractivity contribution in [2.75, 3.05) is 16.6 Å². The van der Waals surface area contributed by atoms with Crippen LogP contribution in [-0.2, 0) is 16.6 Å². The Bertz CT molecular complexity index is 1250. The van der Waals surface area contributed by atoms with Crippen LogP contribution in [0.15, 0.2) is 53.5 Å². The number of carboxylic acid groups (broad SMARTS) is 1. The molecule has 0 spiro atoms. The zero-order valence-corrected chi connectivity index (χ0v) is 16.0. The second kappa shape index (κ2) is 7.21. The summed E-state index contributed by atoms with van der Waals surface area (Å²) in [5.41, 5.74) is -0.0599. The van der Waals surface area contributed by atoms with E-state index in [1.54, 1.807) is 24.3 Å². The van der Waals surface area contributed by atoms with Crippen LogP contribution in [0.25, 0.3) is 5.65 Å². The van der Waals surface area contributed by atoms with Gasteiger partial charge in [-0.05, 0) is 24.1 Å². The van der Waals surface area contributed by atoms with Gasteiger partial charge in [-0.3, -0.25) is 13.5 Å². The van der Waals surface area contributed by atoms with Crippen LogP contribution >= 0.6 is 0 Å². The molecule has 1 fully saturated rings. The number of ether oxygens (including phenoxy) is 1. The van der Waals surface area contributed by atoms with Crippen molar-refractivity contribution in [1.29, 1.82) is 0 Å². The molecule has 1 aromatic carbocycles. The monoisotopic (exact) mass is 415 g/mol. The second-order valence-corrected chi connectivity index (χ2v) is 8.54. The minimum atomic E-state index is -3.43. The molecule has 3 aromatic rings. The highest BCUT2D eigenvalue weighted by atomic mass is 32.2. The van der Waals surface area contributed by atoms with Crippen molar-refractivity contribution < 1.29 is 23.1 Å². The van der Waals surface area contributed by atoms with Crippen LogP contribution in [0.3, 0.4) is 0 Å². The van der Waals surface area contributed by atoms with Crippen molar-refractivity contribution in [3.63, 3.8) is 0 Å². The molecule has 0 aliphatic carbocycles. The fourth-order valence-corrected chi connectivity index (χ4v) is 4.74. The second-order valence-electron chi connectivity index (χ2n) is 6.53. The number of hydrogen-bond donors (Lipinski definition) is 1. The van der Waals surface area contributed by atoms with E-state index in [4.69, 9.17) is 4.74 Å². The lowest BCUT2D eigenvalue weighted by Gasteiger charge is -2.17. The third-order valence-electron chi connectivity index (χ3n) is 4.58. The molecule has 1 saturated heterocycles. The van der Waals surface area contributed by atoms with Gasteiger partial charge in [-0.15, -0.1) is 0 Å². The lowest BCUT2D eigenvalue weighted by molar-refractivity contribution is 0.0684. The number of aromatic nitrogens is 2. The van der Waals surface area contributed by atoms with Crippen molar-refractivity contribution in [3.05, 3.63) is 70.3 Å². The highest BCUT2D eigenvalue weighted by molar-refractivity contribution is 7.93. The number of benzene rings is 1. The van der Waals surface area contributed by atoms with Crippen molar-refractivity contribution in [3.8, 4) is 5.75 Å². The summed E-state index contributed by atoms with van der Waals surface area (Å²) in [7, 11) is -3.43. The van der Waals surface area contributed by atoms with Gasteiger partial charge in [0.2, 0.25) is 15.8 Å². The molecular weight excluding hydrogens is 398 g/mol. The lowest BCUT2D eigenvalue weighted by atomic mass is 10.2. The largest absolute Gasteiger partial charge is 0.481 e. The molecule has 0 saturated carbocycles. The van der Waals surface area contributed by atoms with Gasteiger partial charge in [0, 0.05) is 12.7 Å². The zero-order chi connectivity index (χ0) is 20.6. The molecule has 4 rings (SSSR count). The molecule has 1 aliphatic rings. The Morgan fingerprint density at radius 2 is 1.93 bits per heavy atom. The zero-order valence-electron chi connectivity index (χ0n) is 15.2. The van der Waals surface area contributed by atoms with Crippen LogP contribution in [0.1, 0.15) is 22.5 Å². The van der Waals surface area contributed by atoms with Crippen LogP contribution in [-0.4, -0.2) is 41.2 Å². The van der Waals surface area contributed by atoms with E-state index < -0.39 is 33.0 Å². The molecule has 150 valence electrons. The molecular formula is C19H17N3O6S. The molecule has 10 heteroatoms. The Labute approximate surface area is 165 Å². The predicted molar refractivity (Wildman–Crippen MR) is 105 cm³/mol. The smallest absolute Gasteiger partial charge is 0.358 e. The van der Waals surface area contributed by atoms with Crippen LogP contribution in [0.4, 0.5) is 5.69 Å². The van der Waals surface area contributed by atoms with E-state index >= 15 is 0 Å². The van der Waals surface area contributed by atoms with E-state index in [0.29, 0.717) is 18.7 Å². The fourth-order valence-electron chi connectivity index (χ4n) is 3.19. The van der Waals surface area contributed by atoms with E-state index in [0.717, 1.165) is 9.96 Å². The normalized spacial score (nSPS) is 15.5. The van der Waals surface area contributed by atoms with Gasteiger partial charge in [-0.25, -0.2) is 18.2 Å². The molecule has 1 aliphatic heterocycles. The van der Waals surface area contributed by atoms with E-state index in [1.807, 2.05) is 6.07 Å². The Balaban J connectivity index is 1.80. The number of anilines is 1. The van der Waals surface area contributed by atoms with Crippen molar-refractivity contribution >= 4 is 27.3 Å². The summed E-state index contributed by atoms with van der Waals surface area (Å²) in [5, 5.41) is 9.46. The summed E-state index contributed by atoms with van der Waals surface area (Å²) in [4.78, 5) is 28.6. The molecule has 0 radical (unpaired) electrons. The minimum absolute atomic E-state index is 0.00962. The van der Waals surface area contributed by atoms with Gasteiger partial charge in [0.1, 0.15) is 12.3 Å². The van der Waals surface area contributed by atoms with E-state index in [1.165, 1.54) is 22.6 Å². The maximum absolute atomic E-state index is 13.0. The standard InChI is InChI=1S/C19H17N3O6S/c23-18-17(28-12-13-5-2-1-3-6-13)16(19(24)25)20-15-8-7-14(11-21(15)18)22-9-4-10-29(22,26)27/h1-3,5-8,11H,4,9-10,12H2,(H,24,25). The Kier molecular flexibility index (Phi) is 4.71. The number of pyridine rings is 1. The van der Waals surface area contributed by atoms with Gasteiger partial charge in [-0.1, -0.05) is 30.3 Å². The minimum Gasteiger partial charge on any atom is -0.481 e. The molecule has 3 heterocycles. The molecule has 29 heavy (non-hydrogen) atoms. The van der Waals surface area contributed by atoms with Gasteiger partial charge in [-0.2, -0.15) is 0 Å². The third kappa shape index (κ3) is 3.54. The van der Waals surface area contributed by atoms with Crippen molar-refractivity contribution in [2.24, 2.45) is 0 Å². The summed E-state index contributed by atoms with van der Waals surface area (Å²) < 4.78 is 32.2. The first-order chi connectivity index (χ1) is 13.9. The molecule has 1 N–H and O–H groups in total. The summed E-state index contributed by atoms with van der Waals surface area (Å²) in [6, 6.07) is 11.9. The van der Waals surface area contributed by atoms with E-state index in [-0.39, 0.29) is 18.0 Å². The summed E-state index contributed by atoms with van der Waals surface area (Å²) >= 11 is 0. The number of carbonyl (C=O) groups is 1. The number of fused-ring (bicyclic) bond motifs is 1. The third-order valence-corrected chi connectivity index (χ3v) is 6.45. The van der Waals surface area contributed by atoms with Gasteiger partial charge in [0.15, 0.2) is 5.69 Å². The van der Waals surface area contributed by atoms with Gasteiger partial charge >= 0.3 is 11.5 Å². The van der Waals surface area contributed by atoms with Crippen LogP contribution < -0.4 is 14.6 Å². The highest BCUT2D eigenvalue weighted by Crippen LogP contribution is 2.24. The van der Waals surface area contributed by atoms with E-state index in [2.05, 4.69) is 4.98 Å². The van der Waals surface area contributed by atoms with Crippen LogP contribution in [0.2, 0.25) is 0 Å². The maximum atomic E-state index is 13.0. The van der Waals surface area contributed by atoms with Crippen molar-refractivity contribution in [1.82, 2.24) is 9.38 Å². The maximum Gasteiger partial charge on any atom is 0.358 e. The first-order valence-electron chi connectivity index (χ1n) is 8.84. The molecule has 0 amide bonds. The first kappa shape index (κ1) is 18.9. The van der Waals surface area contributed by atoms with Crippen LogP contribution in [0, 0.1) is 0 Å². The molecule has 2 aromatic heterocycles. The Morgan fingerprint density at radius 3 is 2.59 bits per heavy atom.